The van der Waals surface area contributed by atoms with E-state index in [0.29, 0.717) is 12.1 Å². The number of carbonyl (C=O) groups is 1. The maximum Gasteiger partial charge on any atom is 0.251 e. The van der Waals surface area contributed by atoms with Crippen molar-refractivity contribution in [2.24, 2.45) is 0 Å². The van der Waals surface area contributed by atoms with Crippen molar-refractivity contribution in [2.45, 2.75) is 51.0 Å². The van der Waals surface area contributed by atoms with Gasteiger partial charge in [0.25, 0.3) is 5.91 Å². The van der Waals surface area contributed by atoms with E-state index in [1.807, 2.05) is 78.9 Å². The Bertz CT molecular complexity index is 1730. The van der Waals surface area contributed by atoms with Gasteiger partial charge in [-0.1, -0.05) is 121 Å². The second-order valence-electron chi connectivity index (χ2n) is 12.2. The highest BCUT2D eigenvalue weighted by molar-refractivity contribution is 5.94. The number of hydrogen-bond acceptors (Lipinski definition) is 5. The van der Waals surface area contributed by atoms with Crippen molar-refractivity contribution in [3.63, 3.8) is 0 Å². The summed E-state index contributed by atoms with van der Waals surface area (Å²) in [7, 11) is 2.14. The van der Waals surface area contributed by atoms with E-state index in [-0.39, 0.29) is 30.8 Å². The highest BCUT2D eigenvalue weighted by atomic mass is 16.7. The van der Waals surface area contributed by atoms with E-state index >= 15 is 0 Å². The molecule has 1 fully saturated rings. The first-order chi connectivity index (χ1) is 23.0. The molecule has 1 amide bonds. The summed E-state index contributed by atoms with van der Waals surface area (Å²) in [6.45, 7) is 3.41. The predicted octanol–water partition coefficient (Wildman–Crippen LogP) is 8.01. The molecule has 1 saturated heterocycles. The van der Waals surface area contributed by atoms with Gasteiger partial charge in [-0.25, -0.2) is 0 Å². The van der Waals surface area contributed by atoms with Gasteiger partial charge in [0.2, 0.25) is 0 Å². The summed E-state index contributed by atoms with van der Waals surface area (Å²) in [5.74, 6) is -0.0961. The first-order valence-electron chi connectivity index (χ1n) is 16.3. The highest BCUT2D eigenvalue weighted by Crippen LogP contribution is 2.39. The van der Waals surface area contributed by atoms with Gasteiger partial charge in [-0.15, -0.1) is 0 Å². The molecule has 6 nitrogen and oxygen atoms in total. The molecule has 6 rings (SSSR count). The van der Waals surface area contributed by atoms with E-state index in [1.54, 1.807) is 0 Å². The Morgan fingerprint density at radius 3 is 2.15 bits per heavy atom. The minimum absolute atomic E-state index is 0.0111. The second-order valence-corrected chi connectivity index (χ2v) is 12.2. The van der Waals surface area contributed by atoms with Crippen molar-refractivity contribution < 1.29 is 19.4 Å². The van der Waals surface area contributed by atoms with Gasteiger partial charge in [-0.3, -0.25) is 9.69 Å². The van der Waals surface area contributed by atoms with E-state index < -0.39 is 6.29 Å². The summed E-state index contributed by atoms with van der Waals surface area (Å²) in [4.78, 5) is 15.0. The van der Waals surface area contributed by atoms with E-state index in [0.717, 1.165) is 46.3 Å². The lowest BCUT2D eigenvalue weighted by atomic mass is 9.97. The first kappa shape index (κ1) is 32.4. The Morgan fingerprint density at radius 2 is 1.45 bits per heavy atom. The summed E-state index contributed by atoms with van der Waals surface area (Å²) in [5.41, 5.74) is 7.96. The Labute approximate surface area is 277 Å². The van der Waals surface area contributed by atoms with Crippen LogP contribution in [0.5, 0.6) is 0 Å². The zero-order valence-electron chi connectivity index (χ0n) is 27.0. The monoisotopic (exact) mass is 626 g/mol. The number of ether oxygens (including phenoxy) is 2. The Balaban J connectivity index is 1.20. The Kier molecular flexibility index (Phi) is 10.6. The number of rotatable bonds is 11. The quantitative estimate of drug-likeness (QED) is 0.155. The number of aliphatic hydroxyl groups excluding tert-OH is 1. The molecule has 1 aliphatic rings. The fourth-order valence-electron chi connectivity index (χ4n) is 6.14. The first-order valence-corrected chi connectivity index (χ1v) is 16.3. The van der Waals surface area contributed by atoms with Crippen LogP contribution in [0.1, 0.15) is 70.0 Å². The molecule has 0 unspecified atom stereocenters. The van der Waals surface area contributed by atoms with Gasteiger partial charge in [0.15, 0.2) is 6.29 Å². The Hall–Kier alpha value is -4.59. The molecule has 0 aliphatic carbocycles. The average Bonchev–Trinajstić information content (AvgIpc) is 3.14. The molecular formula is C41H42N2O4. The van der Waals surface area contributed by atoms with Crippen LogP contribution in [-0.4, -0.2) is 35.6 Å². The van der Waals surface area contributed by atoms with Crippen LogP contribution in [0.4, 0.5) is 0 Å². The van der Waals surface area contributed by atoms with Gasteiger partial charge in [0, 0.05) is 36.7 Å². The predicted molar refractivity (Wildman–Crippen MR) is 185 cm³/mol. The van der Waals surface area contributed by atoms with Gasteiger partial charge in [-0.2, -0.15) is 0 Å². The van der Waals surface area contributed by atoms with Crippen LogP contribution in [0.25, 0.3) is 11.1 Å². The van der Waals surface area contributed by atoms with E-state index in [2.05, 4.69) is 78.8 Å². The van der Waals surface area contributed by atoms with Crippen molar-refractivity contribution >= 4 is 5.91 Å². The average molecular weight is 627 g/mol. The molecule has 2 N–H and O–H groups in total. The van der Waals surface area contributed by atoms with Crippen LogP contribution >= 0.6 is 0 Å². The maximum absolute atomic E-state index is 12.7. The molecule has 5 aromatic carbocycles. The molecule has 5 aromatic rings. The van der Waals surface area contributed by atoms with E-state index in [9.17, 15) is 9.90 Å². The second kappa shape index (κ2) is 15.3. The number of likely N-dealkylation sites (N-methyl/N-ethyl adjacent to an activating group) is 1. The highest BCUT2D eigenvalue weighted by Gasteiger charge is 2.33. The van der Waals surface area contributed by atoms with Gasteiger partial charge >= 0.3 is 0 Å². The molecule has 240 valence electrons. The number of amides is 1. The zero-order chi connectivity index (χ0) is 32.6. The van der Waals surface area contributed by atoms with Crippen molar-refractivity contribution in [3.8, 4) is 11.1 Å². The molecule has 0 bridgehead atoms. The summed E-state index contributed by atoms with van der Waals surface area (Å²) in [6.07, 6.45) is -0.0196. The van der Waals surface area contributed by atoms with Gasteiger partial charge in [-0.05, 0) is 59.5 Å². The maximum atomic E-state index is 12.7. The third kappa shape index (κ3) is 8.05. The minimum atomic E-state index is -0.536. The van der Waals surface area contributed by atoms with Crippen molar-refractivity contribution in [1.82, 2.24) is 10.2 Å². The summed E-state index contributed by atoms with van der Waals surface area (Å²) < 4.78 is 13.3. The minimum Gasteiger partial charge on any atom is -0.392 e. The standard InChI is InChI=1S/C41H42N2O4/c1-29(31-11-5-3-6-12-31)43(2)27-37-25-39(33-19-17-30(28-44)18-20-33)47-41(46-37)35-23-21-32(22-24-35)38-16-10-9-15-36(38)26-42-40(45)34-13-7-4-8-14-34/h3-24,29,37,39,41,44H,25-28H2,1-2H3,(H,42,45)/t29-,37+,39-,41-/m0/s1. The van der Waals surface area contributed by atoms with Crippen LogP contribution in [0.3, 0.4) is 0 Å². The topological polar surface area (TPSA) is 71.0 Å². The molecule has 1 aliphatic heterocycles. The smallest absolute Gasteiger partial charge is 0.251 e. The van der Waals surface area contributed by atoms with Gasteiger partial charge in [0.05, 0.1) is 18.8 Å². The molecule has 47 heavy (non-hydrogen) atoms. The molecular weight excluding hydrogens is 584 g/mol. The summed E-state index contributed by atoms with van der Waals surface area (Å²) in [6, 6.07) is 44.5. The number of nitrogens with zero attached hydrogens (tertiary/aromatic N) is 1. The third-order valence-electron chi connectivity index (χ3n) is 9.04. The van der Waals surface area contributed by atoms with Crippen LogP contribution in [0.2, 0.25) is 0 Å². The molecule has 0 radical (unpaired) electrons. The molecule has 4 atom stereocenters. The van der Waals surface area contributed by atoms with Crippen molar-refractivity contribution in [3.05, 3.63) is 167 Å². The normalized spacial score (nSPS) is 18.5. The van der Waals surface area contributed by atoms with Crippen molar-refractivity contribution in [2.75, 3.05) is 13.6 Å². The third-order valence-corrected chi connectivity index (χ3v) is 9.04. The zero-order valence-corrected chi connectivity index (χ0v) is 27.0. The number of carbonyl (C=O) groups excluding carboxylic acids is 1. The fraction of sp³-hybridized carbons (Fsp3) is 0.244. The van der Waals surface area contributed by atoms with E-state index in [1.165, 1.54) is 5.56 Å². The van der Waals surface area contributed by atoms with Crippen LogP contribution in [0.15, 0.2) is 133 Å². The molecule has 6 heteroatoms. The van der Waals surface area contributed by atoms with E-state index in [4.69, 9.17) is 9.47 Å². The number of hydrogen-bond donors (Lipinski definition) is 2. The largest absolute Gasteiger partial charge is 0.392 e. The lowest BCUT2D eigenvalue weighted by molar-refractivity contribution is -0.253. The molecule has 0 saturated carbocycles. The number of benzene rings is 5. The lowest BCUT2D eigenvalue weighted by Gasteiger charge is -2.39. The summed E-state index contributed by atoms with van der Waals surface area (Å²) in [5, 5.41) is 12.6. The van der Waals surface area contributed by atoms with Gasteiger partial charge < -0.3 is 19.9 Å². The fourth-order valence-corrected chi connectivity index (χ4v) is 6.14. The molecule has 0 spiro atoms. The molecule has 1 heterocycles. The van der Waals surface area contributed by atoms with Crippen LogP contribution in [0, 0.1) is 0 Å². The summed E-state index contributed by atoms with van der Waals surface area (Å²) >= 11 is 0. The number of nitrogens with one attached hydrogen (secondary N) is 1. The number of aliphatic hydroxyl groups is 1. The van der Waals surface area contributed by atoms with Gasteiger partial charge in [0.1, 0.15) is 0 Å². The molecule has 0 aromatic heterocycles. The van der Waals surface area contributed by atoms with Crippen LogP contribution < -0.4 is 5.32 Å². The van der Waals surface area contributed by atoms with Crippen LogP contribution in [-0.2, 0) is 22.6 Å². The van der Waals surface area contributed by atoms with Crippen molar-refractivity contribution in [1.29, 1.82) is 0 Å². The Morgan fingerprint density at radius 1 is 0.809 bits per heavy atom. The lowest BCUT2D eigenvalue weighted by Crippen LogP contribution is -2.38. The SMILES string of the molecule is C[C@@H](c1ccccc1)N(C)C[C@H]1C[C@@H](c2ccc(CO)cc2)O[C@@H](c2ccc(-c3ccccc3CNC(=O)c3ccccc3)cc2)O1.